The molecule has 6 aromatic rings. The number of rotatable bonds is 12. The second-order valence-corrected chi connectivity index (χ2v) is 19.4. The Morgan fingerprint density at radius 1 is 0.785 bits per heavy atom. The Morgan fingerprint density at radius 2 is 1.32 bits per heavy atom. The van der Waals surface area contributed by atoms with Crippen molar-refractivity contribution in [1.82, 2.24) is 34.4 Å². The zero-order valence-corrected chi connectivity index (χ0v) is 38.9. The summed E-state index contributed by atoms with van der Waals surface area (Å²) in [7, 11) is 0. The number of phenols is 2. The van der Waals surface area contributed by atoms with Crippen LogP contribution >= 0.6 is 22.7 Å². The van der Waals surface area contributed by atoms with Crippen LogP contribution in [-0.2, 0) is 16.0 Å². The number of aromatic nitrogens is 6. The fourth-order valence-electron chi connectivity index (χ4n) is 7.94. The second kappa shape index (κ2) is 18.5. The number of amides is 3. The van der Waals surface area contributed by atoms with E-state index >= 15 is 0 Å². The average molecular weight is 924 g/mol. The van der Waals surface area contributed by atoms with Gasteiger partial charge in [0.1, 0.15) is 26.9 Å². The number of ether oxygens (including phenoxy) is 2. The van der Waals surface area contributed by atoms with E-state index in [1.807, 2.05) is 68.5 Å². The lowest BCUT2D eigenvalue weighted by Gasteiger charge is -2.33. The minimum Gasteiger partial charge on any atom is -0.508 e. The molecule has 8 rings (SSSR count). The molecule has 18 nitrogen and oxygen atoms in total. The van der Waals surface area contributed by atoms with Gasteiger partial charge in [-0.05, 0) is 102 Å². The maximum Gasteiger partial charge on any atom is 0.410 e. The summed E-state index contributed by atoms with van der Waals surface area (Å²) >= 11 is 2.32. The summed E-state index contributed by atoms with van der Waals surface area (Å²) in [6.45, 7) is 16.0. The molecule has 2 aliphatic heterocycles. The standard InChI is InChI=1S/C45H53N11O7S2/c1-24-30(18-32(57)26(3)38(24)50-40(59)34-20-46-42(64-34)48-36-10-15-55(52-36)22-28-12-17-62-23-28)31-19-33(58)27(4)39(25(31)2)51-41(60)35-21-47-43(65-35)49-37-11-16-56(53-37)29-8-13-54(14-9-29)44(61)63-45(5,6)7/h10-11,15-16,18-21,28-29,57-58H,8-9,12-14,17,22-23H2,1-7H3,(H,50,59)(H,51,60)(H,46,48,52)(H,47,49,53). The van der Waals surface area contributed by atoms with Gasteiger partial charge in [0.2, 0.25) is 0 Å². The van der Waals surface area contributed by atoms with Gasteiger partial charge in [0, 0.05) is 67.8 Å². The van der Waals surface area contributed by atoms with Crippen molar-refractivity contribution in [2.24, 2.45) is 5.92 Å². The number of aromatic hydroxyl groups is 2. The molecule has 6 N–H and O–H groups in total. The van der Waals surface area contributed by atoms with E-state index in [2.05, 4.69) is 36.3 Å². The molecular weight excluding hydrogens is 871 g/mol. The highest BCUT2D eigenvalue weighted by Crippen LogP contribution is 2.43. The van der Waals surface area contributed by atoms with Crippen LogP contribution in [0.1, 0.15) is 87.7 Å². The molecule has 0 aliphatic carbocycles. The molecule has 2 saturated heterocycles. The molecule has 342 valence electrons. The lowest BCUT2D eigenvalue weighted by molar-refractivity contribution is 0.0184. The number of carbonyl (C=O) groups is 3. The molecule has 1 unspecified atom stereocenters. The molecule has 20 heteroatoms. The summed E-state index contributed by atoms with van der Waals surface area (Å²) < 4.78 is 14.8. The van der Waals surface area contributed by atoms with Gasteiger partial charge in [-0.15, -0.1) is 0 Å². The average Bonchev–Trinajstić information content (AvgIpc) is 4.14. The molecule has 0 radical (unpaired) electrons. The molecule has 1 atom stereocenters. The van der Waals surface area contributed by atoms with Gasteiger partial charge in [-0.3, -0.25) is 19.0 Å². The summed E-state index contributed by atoms with van der Waals surface area (Å²) in [6, 6.07) is 6.99. The van der Waals surface area contributed by atoms with E-state index in [0.29, 0.717) is 95.4 Å². The highest BCUT2D eigenvalue weighted by Gasteiger charge is 2.29. The molecule has 2 fully saturated rings. The van der Waals surface area contributed by atoms with E-state index in [-0.39, 0.29) is 23.6 Å². The number of anilines is 6. The number of nitrogens with one attached hydrogen (secondary N) is 4. The number of likely N-dealkylation sites (tertiary alicyclic amines) is 1. The van der Waals surface area contributed by atoms with E-state index in [1.165, 1.54) is 23.7 Å². The molecule has 65 heavy (non-hydrogen) atoms. The third-order valence-corrected chi connectivity index (χ3v) is 13.4. The minimum absolute atomic E-state index is 0.0598. The second-order valence-electron chi connectivity index (χ2n) is 17.4. The Hall–Kier alpha value is -6.51. The van der Waals surface area contributed by atoms with E-state index in [0.717, 1.165) is 50.4 Å². The van der Waals surface area contributed by atoms with Gasteiger partial charge in [-0.25, -0.2) is 14.8 Å². The lowest BCUT2D eigenvalue weighted by atomic mass is 9.90. The Morgan fingerprint density at radius 3 is 1.85 bits per heavy atom. The fraction of sp³-hybridized carbons (Fsp3) is 0.400. The molecule has 2 aromatic carbocycles. The number of nitrogens with zero attached hydrogens (tertiary/aromatic N) is 7. The molecule has 2 aliphatic rings. The van der Waals surface area contributed by atoms with Crippen LogP contribution in [0.15, 0.2) is 49.1 Å². The van der Waals surface area contributed by atoms with Crippen LogP contribution in [-0.4, -0.2) is 94.5 Å². The first-order valence-electron chi connectivity index (χ1n) is 21.4. The quantitative estimate of drug-likeness (QED) is 0.0676. The van der Waals surface area contributed by atoms with Crippen molar-refractivity contribution in [2.45, 2.75) is 85.9 Å². The highest BCUT2D eigenvalue weighted by molar-refractivity contribution is 7.18. The van der Waals surface area contributed by atoms with Gasteiger partial charge in [0.25, 0.3) is 11.8 Å². The van der Waals surface area contributed by atoms with Gasteiger partial charge in [-0.1, -0.05) is 22.7 Å². The molecule has 3 amide bonds. The van der Waals surface area contributed by atoms with Gasteiger partial charge in [-0.2, -0.15) is 10.2 Å². The van der Waals surface area contributed by atoms with Gasteiger partial charge < -0.3 is 45.9 Å². The molecular formula is C45H53N11O7S2. The van der Waals surface area contributed by atoms with Crippen LogP contribution in [0.2, 0.25) is 0 Å². The van der Waals surface area contributed by atoms with Gasteiger partial charge in [0.15, 0.2) is 21.9 Å². The van der Waals surface area contributed by atoms with Crippen molar-refractivity contribution >= 4 is 73.9 Å². The smallest absolute Gasteiger partial charge is 0.410 e. The normalized spacial score (nSPS) is 15.6. The van der Waals surface area contributed by atoms with Gasteiger partial charge >= 0.3 is 6.09 Å². The Balaban J connectivity index is 0.924. The van der Waals surface area contributed by atoms with Crippen LogP contribution in [0.4, 0.5) is 38.1 Å². The minimum atomic E-state index is -0.549. The number of thiazole rings is 2. The van der Waals surface area contributed by atoms with Gasteiger partial charge in [0.05, 0.1) is 36.4 Å². The molecule has 0 saturated carbocycles. The lowest BCUT2D eigenvalue weighted by Crippen LogP contribution is -2.42. The maximum absolute atomic E-state index is 13.7. The van der Waals surface area contributed by atoms with Crippen molar-refractivity contribution in [1.29, 1.82) is 0 Å². The summed E-state index contributed by atoms with van der Waals surface area (Å²) in [6.07, 6.45) is 8.91. The number of benzene rings is 2. The first kappa shape index (κ1) is 45.1. The predicted molar refractivity (Wildman–Crippen MR) is 250 cm³/mol. The summed E-state index contributed by atoms with van der Waals surface area (Å²) in [5, 5.41) is 44.9. The topological polar surface area (TPSA) is 223 Å². The van der Waals surface area contributed by atoms with E-state index in [9.17, 15) is 24.6 Å². The van der Waals surface area contributed by atoms with Crippen molar-refractivity contribution in [3.63, 3.8) is 0 Å². The van der Waals surface area contributed by atoms with Crippen molar-refractivity contribution in [3.05, 3.63) is 81.1 Å². The molecule has 0 spiro atoms. The molecule has 0 bridgehead atoms. The van der Waals surface area contributed by atoms with E-state index in [1.54, 1.807) is 30.9 Å². The largest absolute Gasteiger partial charge is 0.508 e. The summed E-state index contributed by atoms with van der Waals surface area (Å²) in [4.78, 5) is 51.1. The first-order valence-corrected chi connectivity index (χ1v) is 23.0. The number of piperidine rings is 1. The monoisotopic (exact) mass is 923 g/mol. The fourth-order valence-corrected chi connectivity index (χ4v) is 9.38. The predicted octanol–water partition coefficient (Wildman–Crippen LogP) is 8.90. The van der Waals surface area contributed by atoms with Crippen molar-refractivity contribution in [3.8, 4) is 22.6 Å². The Kier molecular flexibility index (Phi) is 12.9. The molecule has 6 heterocycles. The van der Waals surface area contributed by atoms with Crippen LogP contribution in [0.5, 0.6) is 11.5 Å². The number of carbonyl (C=O) groups excluding carboxylic acids is 3. The maximum atomic E-state index is 13.7. The van der Waals surface area contributed by atoms with Crippen molar-refractivity contribution < 1.29 is 34.1 Å². The van der Waals surface area contributed by atoms with Crippen LogP contribution in [0.25, 0.3) is 11.1 Å². The SMILES string of the molecule is Cc1c(O)cc(-c2cc(O)c(C)c(NC(=O)c3cnc(Nc4ccn(C5CCN(C(=O)OC(C)(C)C)CC5)n4)s3)c2C)c(C)c1NC(=O)c1cnc(Nc2ccn(CC3CCOC3)n2)s1. The first-order chi connectivity index (χ1) is 31.0. The van der Waals surface area contributed by atoms with Crippen molar-refractivity contribution in [2.75, 3.05) is 47.6 Å². The number of phenolic OH excluding ortho intramolecular Hbond substituents is 2. The Labute approximate surface area is 384 Å². The number of hydrogen-bond acceptors (Lipinski definition) is 15. The Bertz CT molecular complexity index is 2740. The summed E-state index contributed by atoms with van der Waals surface area (Å²) in [5.41, 5.74) is 3.56. The molecule has 4 aromatic heterocycles. The van der Waals surface area contributed by atoms with Crippen LogP contribution in [0, 0.1) is 33.6 Å². The van der Waals surface area contributed by atoms with E-state index in [4.69, 9.17) is 14.6 Å². The number of hydrogen-bond donors (Lipinski definition) is 6. The zero-order chi connectivity index (χ0) is 46.2. The summed E-state index contributed by atoms with van der Waals surface area (Å²) in [5.74, 6) is 0.647. The van der Waals surface area contributed by atoms with E-state index < -0.39 is 17.4 Å². The van der Waals surface area contributed by atoms with Crippen LogP contribution < -0.4 is 21.3 Å². The third-order valence-electron chi connectivity index (χ3n) is 11.5. The highest BCUT2D eigenvalue weighted by atomic mass is 32.1. The third kappa shape index (κ3) is 10.2. The zero-order valence-electron chi connectivity index (χ0n) is 37.3. The van der Waals surface area contributed by atoms with Crippen LogP contribution in [0.3, 0.4) is 0 Å².